The molecule has 1 atom stereocenters. The van der Waals surface area contributed by atoms with Gasteiger partial charge in [0.05, 0.1) is 35.9 Å². The van der Waals surface area contributed by atoms with Crippen LogP contribution in [0.4, 0.5) is 4.79 Å². The largest absolute Gasteiger partial charge is 0.510 e. The van der Waals surface area contributed by atoms with Crippen molar-refractivity contribution in [3.8, 4) is 17.1 Å². The van der Waals surface area contributed by atoms with Gasteiger partial charge in [0.15, 0.2) is 12.6 Å². The molecule has 4 aromatic rings. The molecule has 1 fully saturated rings. The lowest BCUT2D eigenvalue weighted by Crippen LogP contribution is -2.33. The number of hydrogen-bond donors (Lipinski definition) is 2. The molecule has 5 rings (SSSR count). The standard InChI is InChI=1S/C33H37N7O11S.C7H14O/c1-3-46-32-36-28-10-6-9-27(31(42)51-22(2)49-21-41)29(28)38(32)19-23-11-13-24(14-12-23)25-7-4-5-8-26(25)30(34)37-39(35)20-48-33(43)47-15-17-52-18-16-50-40(44)45;1-8-7-5-3-2-4-6-7/h4-14,21-22H,3,15-20,35H2,1-2H3,(H2,34,37);7H,2-6H2,1H3. The molecular formula is C40H51N7O12S. The number of methoxy groups -OCH3 is 1. The summed E-state index contributed by atoms with van der Waals surface area (Å²) in [6.07, 6.45) is 5.27. The van der Waals surface area contributed by atoms with E-state index in [1.807, 2.05) is 50.4 Å². The van der Waals surface area contributed by atoms with Crippen molar-refractivity contribution < 1.29 is 52.7 Å². The van der Waals surface area contributed by atoms with Crippen molar-refractivity contribution >= 4 is 47.2 Å². The topological polar surface area (TPSA) is 244 Å². The molecule has 0 amide bonds. The minimum absolute atomic E-state index is 0.0188. The first-order chi connectivity index (χ1) is 29.0. The lowest BCUT2D eigenvalue weighted by Gasteiger charge is -2.19. The normalized spacial score (nSPS) is 13.3. The number of hydrazine groups is 1. The van der Waals surface area contributed by atoms with E-state index in [-0.39, 0.29) is 31.1 Å². The van der Waals surface area contributed by atoms with Crippen molar-refractivity contribution in [2.24, 2.45) is 16.7 Å². The van der Waals surface area contributed by atoms with Gasteiger partial charge in [-0.2, -0.15) is 21.9 Å². The van der Waals surface area contributed by atoms with E-state index in [4.69, 9.17) is 40.0 Å². The number of ether oxygens (including phenoxy) is 6. The minimum Gasteiger partial charge on any atom is -0.465 e. The summed E-state index contributed by atoms with van der Waals surface area (Å²) in [4.78, 5) is 54.5. The van der Waals surface area contributed by atoms with E-state index in [0.29, 0.717) is 53.4 Å². The van der Waals surface area contributed by atoms with E-state index in [1.165, 1.54) is 50.8 Å². The molecule has 0 radical (unpaired) electrons. The summed E-state index contributed by atoms with van der Waals surface area (Å²) in [5.41, 5.74) is 10.6. The highest BCUT2D eigenvalue weighted by Gasteiger charge is 2.22. The third kappa shape index (κ3) is 14.6. The Hall–Kier alpha value is -6.12. The maximum Gasteiger partial charge on any atom is 0.510 e. The number of esters is 1. The molecular weight excluding hydrogens is 803 g/mol. The predicted molar refractivity (Wildman–Crippen MR) is 222 cm³/mol. The lowest BCUT2D eigenvalue weighted by molar-refractivity contribution is -0.756. The first-order valence-corrected chi connectivity index (χ1v) is 20.3. The Balaban J connectivity index is 0.000000886. The Morgan fingerprint density at radius 3 is 2.43 bits per heavy atom. The van der Waals surface area contributed by atoms with Gasteiger partial charge in [-0.05, 0) is 48.6 Å². The Morgan fingerprint density at radius 2 is 1.75 bits per heavy atom. The third-order valence-electron chi connectivity index (χ3n) is 8.86. The summed E-state index contributed by atoms with van der Waals surface area (Å²) in [5, 5.41) is 14.2. The number of aromatic nitrogens is 2. The molecule has 0 aliphatic heterocycles. The van der Waals surface area contributed by atoms with Crippen LogP contribution in [0.3, 0.4) is 0 Å². The number of carbonyl (C=O) groups is 3. The summed E-state index contributed by atoms with van der Waals surface area (Å²) in [7, 11) is 1.82. The number of fused-ring (bicyclic) bond motifs is 1. The van der Waals surface area contributed by atoms with Gasteiger partial charge in [-0.25, -0.2) is 15.4 Å². The van der Waals surface area contributed by atoms with Crippen LogP contribution in [0.15, 0.2) is 71.8 Å². The molecule has 324 valence electrons. The van der Waals surface area contributed by atoms with E-state index in [0.717, 1.165) is 21.8 Å². The highest BCUT2D eigenvalue weighted by molar-refractivity contribution is 7.99. The second kappa shape index (κ2) is 24.7. The summed E-state index contributed by atoms with van der Waals surface area (Å²) >= 11 is 1.30. The number of nitrogens with two attached hydrogens (primary N) is 2. The molecule has 1 aromatic heterocycles. The summed E-state index contributed by atoms with van der Waals surface area (Å²) in [5.74, 6) is 6.01. The van der Waals surface area contributed by atoms with Crippen LogP contribution in [-0.4, -0.2) is 102 Å². The second-order valence-electron chi connectivity index (χ2n) is 13.0. The van der Waals surface area contributed by atoms with Crippen LogP contribution in [-0.2, 0) is 39.9 Å². The second-order valence-corrected chi connectivity index (χ2v) is 14.2. The van der Waals surface area contributed by atoms with E-state index >= 15 is 0 Å². The maximum absolute atomic E-state index is 13.1. The summed E-state index contributed by atoms with van der Waals surface area (Å²) in [6, 6.07) is 20.3. The van der Waals surface area contributed by atoms with Gasteiger partial charge in [0.1, 0.15) is 13.2 Å². The fourth-order valence-electron chi connectivity index (χ4n) is 6.10. The molecule has 1 aliphatic rings. The van der Waals surface area contributed by atoms with E-state index in [9.17, 15) is 24.5 Å². The average molecular weight is 854 g/mol. The number of carbonyl (C=O) groups excluding carboxylic acids is 3. The van der Waals surface area contributed by atoms with Crippen LogP contribution in [0.25, 0.3) is 22.2 Å². The summed E-state index contributed by atoms with van der Waals surface area (Å²) in [6.45, 7) is 3.61. The smallest absolute Gasteiger partial charge is 0.465 e. The average Bonchev–Trinajstić information content (AvgIpc) is 3.59. The van der Waals surface area contributed by atoms with E-state index in [2.05, 4.69) is 14.9 Å². The lowest BCUT2D eigenvalue weighted by atomic mass is 9.98. The number of para-hydroxylation sites is 1. The fourth-order valence-corrected chi connectivity index (χ4v) is 6.70. The molecule has 4 N–H and O–H groups in total. The van der Waals surface area contributed by atoms with Crippen LogP contribution in [0.2, 0.25) is 0 Å². The molecule has 19 nitrogen and oxygen atoms in total. The molecule has 0 spiro atoms. The van der Waals surface area contributed by atoms with Crippen molar-refractivity contribution in [3.05, 3.63) is 93.5 Å². The molecule has 1 saturated carbocycles. The highest BCUT2D eigenvalue weighted by Crippen LogP contribution is 2.29. The van der Waals surface area contributed by atoms with Crippen LogP contribution in [0, 0.1) is 10.1 Å². The maximum atomic E-state index is 13.1. The van der Waals surface area contributed by atoms with Gasteiger partial charge in [-0.1, -0.05) is 73.9 Å². The van der Waals surface area contributed by atoms with Crippen LogP contribution < -0.4 is 16.3 Å². The zero-order valence-electron chi connectivity index (χ0n) is 33.8. The van der Waals surface area contributed by atoms with E-state index in [1.54, 1.807) is 34.9 Å². The molecule has 1 heterocycles. The number of nitrogens with zero attached hydrogens (tertiary/aromatic N) is 5. The van der Waals surface area contributed by atoms with Gasteiger partial charge in [-0.3, -0.25) is 9.36 Å². The summed E-state index contributed by atoms with van der Waals surface area (Å²) < 4.78 is 32.7. The number of amidine groups is 1. The third-order valence-corrected chi connectivity index (χ3v) is 9.77. The number of thioether (sulfide) groups is 1. The predicted octanol–water partition coefficient (Wildman–Crippen LogP) is 5.64. The zero-order valence-corrected chi connectivity index (χ0v) is 34.6. The molecule has 20 heteroatoms. The van der Waals surface area contributed by atoms with Crippen molar-refractivity contribution in [2.75, 3.05) is 45.2 Å². The number of imidazole rings is 1. The zero-order chi connectivity index (χ0) is 43.3. The van der Waals surface area contributed by atoms with Crippen LogP contribution >= 0.6 is 11.8 Å². The van der Waals surface area contributed by atoms with Crippen molar-refractivity contribution in [1.82, 2.24) is 14.7 Å². The number of rotatable bonds is 21. The number of hydrazone groups is 1. The quantitative estimate of drug-likeness (QED) is 0.0119. The monoisotopic (exact) mass is 853 g/mol. The minimum atomic E-state index is -1.08. The molecule has 1 unspecified atom stereocenters. The Bertz CT molecular complexity index is 2030. The van der Waals surface area contributed by atoms with Gasteiger partial charge in [-0.15, -0.1) is 15.2 Å². The van der Waals surface area contributed by atoms with E-state index < -0.39 is 30.2 Å². The Kier molecular flexibility index (Phi) is 19.2. The highest BCUT2D eigenvalue weighted by atomic mass is 32.2. The molecule has 60 heavy (non-hydrogen) atoms. The van der Waals surface area contributed by atoms with Crippen LogP contribution in [0.1, 0.15) is 67.4 Å². The Labute approximate surface area is 351 Å². The van der Waals surface area contributed by atoms with Gasteiger partial charge in [0.2, 0.25) is 6.29 Å². The van der Waals surface area contributed by atoms with Gasteiger partial charge in [0, 0.05) is 31.1 Å². The molecule has 3 aromatic carbocycles. The Morgan fingerprint density at radius 1 is 1.03 bits per heavy atom. The molecule has 0 bridgehead atoms. The van der Waals surface area contributed by atoms with Gasteiger partial charge in [0.25, 0.3) is 17.6 Å². The van der Waals surface area contributed by atoms with Gasteiger partial charge >= 0.3 is 12.1 Å². The van der Waals surface area contributed by atoms with Gasteiger partial charge < -0.3 is 39.0 Å². The van der Waals surface area contributed by atoms with Crippen molar-refractivity contribution in [1.29, 1.82) is 0 Å². The van der Waals surface area contributed by atoms with Crippen molar-refractivity contribution in [2.45, 2.75) is 64.9 Å². The van der Waals surface area contributed by atoms with Crippen LogP contribution in [0.5, 0.6) is 6.01 Å². The SMILES string of the molecule is CCOc1nc2cccc(C(=O)OC(C)OC=O)c2n1Cc1ccc(-c2ccccc2/C(N)=N/N(N)COC(=O)OCCSCCO[N+](=O)[O-])cc1.COC1CCCCC1. The first kappa shape index (κ1) is 46.6. The first-order valence-electron chi connectivity index (χ1n) is 19.2. The molecule has 1 aliphatic carbocycles. The van der Waals surface area contributed by atoms with Crippen molar-refractivity contribution in [3.63, 3.8) is 0 Å². The molecule has 0 saturated heterocycles. The fraction of sp³-hybridized carbons (Fsp3) is 0.425. The number of benzene rings is 3. The number of hydrogen-bond acceptors (Lipinski definition) is 17.